The van der Waals surface area contributed by atoms with Crippen LogP contribution in [-0.2, 0) is 14.9 Å². The van der Waals surface area contributed by atoms with Gasteiger partial charge < -0.3 is 9.84 Å². The Kier molecular flexibility index (Phi) is 4.52. The number of aryl methyl sites for hydroxylation is 1. The maximum Gasteiger partial charge on any atom is 0.313 e. The number of rotatable bonds is 4. The summed E-state index contributed by atoms with van der Waals surface area (Å²) in [5, 5.41) is 9.23. The van der Waals surface area contributed by atoms with Crippen LogP contribution in [0.25, 0.3) is 0 Å². The Balaban J connectivity index is 3.15. The lowest BCUT2D eigenvalue weighted by atomic mass is 9.83. The van der Waals surface area contributed by atoms with E-state index in [-0.39, 0.29) is 12.0 Å². The summed E-state index contributed by atoms with van der Waals surface area (Å²) >= 11 is 0. The molecule has 0 aliphatic rings. The van der Waals surface area contributed by atoms with Crippen molar-refractivity contribution in [3.8, 4) is 0 Å². The second-order valence-corrected chi connectivity index (χ2v) is 5.67. The number of carboxylic acids is 1. The third-order valence-electron chi connectivity index (χ3n) is 3.14. The fourth-order valence-corrected chi connectivity index (χ4v) is 1.99. The molecular formula is C15H22O3. The Hall–Kier alpha value is -1.35. The maximum absolute atomic E-state index is 11.2. The molecule has 0 aliphatic carbocycles. The first kappa shape index (κ1) is 14.7. The van der Waals surface area contributed by atoms with Gasteiger partial charge in [-0.25, -0.2) is 0 Å². The largest absolute Gasteiger partial charge is 0.481 e. The third-order valence-corrected chi connectivity index (χ3v) is 3.14. The lowest BCUT2D eigenvalue weighted by molar-refractivity contribution is -0.140. The van der Waals surface area contributed by atoms with Crippen molar-refractivity contribution < 1.29 is 14.6 Å². The van der Waals surface area contributed by atoms with Crippen LogP contribution in [-0.4, -0.2) is 24.8 Å². The molecule has 0 bridgehead atoms. The topological polar surface area (TPSA) is 46.5 Å². The van der Waals surface area contributed by atoms with Gasteiger partial charge in [0.15, 0.2) is 0 Å². The smallest absolute Gasteiger partial charge is 0.313 e. The molecule has 1 rings (SSSR count). The zero-order valence-corrected chi connectivity index (χ0v) is 11.8. The van der Waals surface area contributed by atoms with E-state index in [0.29, 0.717) is 0 Å². The fourth-order valence-electron chi connectivity index (χ4n) is 1.99. The van der Waals surface area contributed by atoms with E-state index < -0.39 is 11.9 Å². The summed E-state index contributed by atoms with van der Waals surface area (Å²) in [5.74, 6) is -1.44. The number of methoxy groups -OCH3 is 1. The van der Waals surface area contributed by atoms with E-state index in [1.165, 1.54) is 12.7 Å². The van der Waals surface area contributed by atoms with Crippen molar-refractivity contribution in [1.29, 1.82) is 0 Å². The third kappa shape index (κ3) is 3.33. The van der Waals surface area contributed by atoms with Crippen LogP contribution in [0.2, 0.25) is 0 Å². The Morgan fingerprint density at radius 3 is 2.39 bits per heavy atom. The summed E-state index contributed by atoms with van der Waals surface area (Å²) in [6.07, 6.45) is 0. The summed E-state index contributed by atoms with van der Waals surface area (Å²) in [5.41, 5.74) is 3.12. The SMILES string of the molecule is COCC(C(=O)O)c1ccc(C(C)(C)C)cc1C. The highest BCUT2D eigenvalue weighted by molar-refractivity contribution is 5.76. The predicted molar refractivity (Wildman–Crippen MR) is 72.1 cm³/mol. The van der Waals surface area contributed by atoms with Gasteiger partial charge in [-0.15, -0.1) is 0 Å². The Morgan fingerprint density at radius 2 is 2.00 bits per heavy atom. The Morgan fingerprint density at radius 1 is 1.39 bits per heavy atom. The van der Waals surface area contributed by atoms with E-state index in [1.54, 1.807) is 0 Å². The zero-order chi connectivity index (χ0) is 13.9. The molecule has 0 amide bonds. The van der Waals surface area contributed by atoms with Crippen LogP contribution in [0.1, 0.15) is 43.4 Å². The molecule has 1 atom stereocenters. The molecule has 0 fully saturated rings. The summed E-state index contributed by atoms with van der Waals surface area (Å²) in [6.45, 7) is 8.59. The number of carbonyl (C=O) groups is 1. The van der Waals surface area contributed by atoms with Gasteiger partial charge in [0.1, 0.15) is 5.92 Å². The minimum Gasteiger partial charge on any atom is -0.481 e. The minimum atomic E-state index is -0.844. The number of hydrogen-bond donors (Lipinski definition) is 1. The average molecular weight is 250 g/mol. The summed E-state index contributed by atoms with van der Waals surface area (Å²) < 4.78 is 4.99. The number of ether oxygens (including phenoxy) is 1. The van der Waals surface area contributed by atoms with Crippen molar-refractivity contribution in [2.75, 3.05) is 13.7 Å². The van der Waals surface area contributed by atoms with Crippen LogP contribution in [0.4, 0.5) is 0 Å². The highest BCUT2D eigenvalue weighted by Gasteiger charge is 2.23. The van der Waals surface area contributed by atoms with Gasteiger partial charge in [0.05, 0.1) is 6.61 Å². The summed E-state index contributed by atoms with van der Waals surface area (Å²) in [6, 6.07) is 5.99. The monoisotopic (exact) mass is 250 g/mol. The molecule has 0 heterocycles. The van der Waals surface area contributed by atoms with Crippen LogP contribution < -0.4 is 0 Å². The lowest BCUT2D eigenvalue weighted by Crippen LogP contribution is -2.19. The van der Waals surface area contributed by atoms with Gasteiger partial charge in [0, 0.05) is 7.11 Å². The quantitative estimate of drug-likeness (QED) is 0.893. The van der Waals surface area contributed by atoms with Gasteiger partial charge in [-0.3, -0.25) is 4.79 Å². The van der Waals surface area contributed by atoms with Crippen molar-refractivity contribution in [1.82, 2.24) is 0 Å². The van der Waals surface area contributed by atoms with E-state index in [4.69, 9.17) is 4.74 Å². The molecule has 3 nitrogen and oxygen atoms in total. The molecule has 1 N–H and O–H groups in total. The number of carboxylic acid groups (broad SMARTS) is 1. The van der Waals surface area contributed by atoms with E-state index in [2.05, 4.69) is 26.8 Å². The standard InChI is InChI=1S/C15H22O3/c1-10-8-11(15(2,3)4)6-7-12(10)13(9-18-5)14(16)17/h6-8,13H,9H2,1-5H3,(H,16,17). The molecule has 18 heavy (non-hydrogen) atoms. The van der Waals surface area contributed by atoms with Crippen LogP contribution in [0.15, 0.2) is 18.2 Å². The molecule has 1 unspecified atom stereocenters. The van der Waals surface area contributed by atoms with Crippen LogP contribution in [0.5, 0.6) is 0 Å². The molecular weight excluding hydrogens is 228 g/mol. The van der Waals surface area contributed by atoms with Gasteiger partial charge >= 0.3 is 5.97 Å². The van der Waals surface area contributed by atoms with Gasteiger partial charge in [-0.1, -0.05) is 39.0 Å². The first-order valence-corrected chi connectivity index (χ1v) is 6.10. The van der Waals surface area contributed by atoms with Crippen molar-refractivity contribution in [3.05, 3.63) is 34.9 Å². The first-order valence-electron chi connectivity index (χ1n) is 6.10. The second kappa shape index (κ2) is 5.53. The zero-order valence-electron chi connectivity index (χ0n) is 11.8. The molecule has 0 saturated carbocycles. The minimum absolute atomic E-state index is 0.0727. The van der Waals surface area contributed by atoms with Gasteiger partial charge in [-0.05, 0) is 29.0 Å². The molecule has 0 saturated heterocycles. The van der Waals surface area contributed by atoms with Gasteiger partial charge in [-0.2, -0.15) is 0 Å². The average Bonchev–Trinajstić information content (AvgIpc) is 2.24. The second-order valence-electron chi connectivity index (χ2n) is 5.67. The number of aliphatic carboxylic acids is 1. The highest BCUT2D eigenvalue weighted by atomic mass is 16.5. The molecule has 0 aliphatic heterocycles. The fraction of sp³-hybridized carbons (Fsp3) is 0.533. The van der Waals surface area contributed by atoms with E-state index in [9.17, 15) is 9.90 Å². The van der Waals surface area contributed by atoms with Crippen molar-refractivity contribution in [2.24, 2.45) is 0 Å². The van der Waals surface area contributed by atoms with Crippen molar-refractivity contribution >= 4 is 5.97 Å². The molecule has 3 heteroatoms. The normalized spacial score (nSPS) is 13.4. The predicted octanol–water partition coefficient (Wildman–Crippen LogP) is 3.11. The molecule has 1 aromatic carbocycles. The molecule has 100 valence electrons. The van der Waals surface area contributed by atoms with Crippen LogP contribution in [0.3, 0.4) is 0 Å². The molecule has 0 spiro atoms. The maximum atomic E-state index is 11.2. The molecule has 0 aromatic heterocycles. The number of hydrogen-bond acceptors (Lipinski definition) is 2. The lowest BCUT2D eigenvalue weighted by Gasteiger charge is -2.22. The van der Waals surface area contributed by atoms with E-state index in [0.717, 1.165) is 11.1 Å². The van der Waals surface area contributed by atoms with Gasteiger partial charge in [0.2, 0.25) is 0 Å². The van der Waals surface area contributed by atoms with E-state index in [1.807, 2.05) is 19.1 Å². The van der Waals surface area contributed by atoms with Crippen LogP contribution >= 0.6 is 0 Å². The molecule has 1 aromatic rings. The molecule has 0 radical (unpaired) electrons. The Bertz CT molecular complexity index is 430. The van der Waals surface area contributed by atoms with E-state index >= 15 is 0 Å². The number of benzene rings is 1. The van der Waals surface area contributed by atoms with Gasteiger partial charge in [0.25, 0.3) is 0 Å². The van der Waals surface area contributed by atoms with Crippen molar-refractivity contribution in [2.45, 2.75) is 39.0 Å². The first-order chi connectivity index (χ1) is 8.27. The summed E-state index contributed by atoms with van der Waals surface area (Å²) in [7, 11) is 1.52. The summed E-state index contributed by atoms with van der Waals surface area (Å²) in [4.78, 5) is 11.2. The highest BCUT2D eigenvalue weighted by Crippen LogP contribution is 2.27. The van der Waals surface area contributed by atoms with Crippen LogP contribution in [0, 0.1) is 6.92 Å². The van der Waals surface area contributed by atoms with Crippen molar-refractivity contribution in [3.63, 3.8) is 0 Å². The Labute approximate surface area is 109 Å².